The SMILES string of the molecule is c1ccc(-c2c3ccccc3c(-c3oc4ccccc4c3-c3ccc4oc5ccccc5c4c3)c3ccccc23)cc1. The largest absolute Gasteiger partial charge is 0.456 e. The highest BCUT2D eigenvalue weighted by Crippen LogP contribution is 2.49. The van der Waals surface area contributed by atoms with Crippen LogP contribution < -0.4 is 0 Å². The summed E-state index contributed by atoms with van der Waals surface area (Å²) in [7, 11) is 0. The first-order valence-electron chi connectivity index (χ1n) is 14.3. The van der Waals surface area contributed by atoms with Crippen molar-refractivity contribution in [2.45, 2.75) is 0 Å². The van der Waals surface area contributed by atoms with Crippen molar-refractivity contribution in [3.8, 4) is 33.6 Å². The molecule has 0 N–H and O–H groups in total. The zero-order valence-electron chi connectivity index (χ0n) is 22.7. The third-order valence-corrected chi connectivity index (χ3v) is 8.48. The third kappa shape index (κ3) is 3.33. The van der Waals surface area contributed by atoms with E-state index in [-0.39, 0.29) is 0 Å². The Morgan fingerprint density at radius 3 is 1.45 bits per heavy atom. The Morgan fingerprint density at radius 1 is 0.286 bits per heavy atom. The average Bonchev–Trinajstić information content (AvgIpc) is 3.62. The molecule has 0 radical (unpaired) electrons. The summed E-state index contributed by atoms with van der Waals surface area (Å²) in [6, 6.07) is 51.2. The second kappa shape index (κ2) is 8.95. The summed E-state index contributed by atoms with van der Waals surface area (Å²) in [5.74, 6) is 0.885. The summed E-state index contributed by atoms with van der Waals surface area (Å²) < 4.78 is 13.0. The van der Waals surface area contributed by atoms with Gasteiger partial charge in [-0.25, -0.2) is 0 Å². The number of furan rings is 2. The smallest absolute Gasteiger partial charge is 0.144 e. The molecule has 9 aromatic rings. The third-order valence-electron chi connectivity index (χ3n) is 8.48. The molecule has 0 atom stereocenters. The van der Waals surface area contributed by atoms with E-state index in [4.69, 9.17) is 8.83 Å². The maximum Gasteiger partial charge on any atom is 0.144 e. The van der Waals surface area contributed by atoms with E-state index in [1.807, 2.05) is 18.2 Å². The first-order chi connectivity index (χ1) is 20.8. The van der Waals surface area contributed by atoms with Crippen LogP contribution in [0.2, 0.25) is 0 Å². The molecule has 42 heavy (non-hydrogen) atoms. The van der Waals surface area contributed by atoms with Crippen molar-refractivity contribution in [3.63, 3.8) is 0 Å². The average molecular weight is 537 g/mol. The van der Waals surface area contributed by atoms with E-state index < -0.39 is 0 Å². The quantitative estimate of drug-likeness (QED) is 0.210. The van der Waals surface area contributed by atoms with Crippen LogP contribution in [0.1, 0.15) is 0 Å². The molecular weight excluding hydrogens is 512 g/mol. The predicted octanol–water partition coefficient (Wildman–Crippen LogP) is 11.6. The van der Waals surface area contributed by atoms with E-state index in [0.29, 0.717) is 0 Å². The molecule has 2 aromatic heterocycles. The molecule has 7 aromatic carbocycles. The van der Waals surface area contributed by atoms with Gasteiger partial charge in [0.1, 0.15) is 22.5 Å². The highest BCUT2D eigenvalue weighted by atomic mass is 16.3. The number of hydrogen-bond acceptors (Lipinski definition) is 2. The minimum Gasteiger partial charge on any atom is -0.456 e. The molecule has 0 bridgehead atoms. The molecule has 0 fully saturated rings. The molecule has 2 heterocycles. The highest BCUT2D eigenvalue weighted by Gasteiger charge is 2.24. The molecule has 2 heteroatoms. The topological polar surface area (TPSA) is 26.3 Å². The predicted molar refractivity (Wildman–Crippen MR) is 175 cm³/mol. The first-order valence-corrected chi connectivity index (χ1v) is 14.3. The zero-order valence-corrected chi connectivity index (χ0v) is 22.7. The summed E-state index contributed by atoms with van der Waals surface area (Å²) in [4.78, 5) is 0. The van der Waals surface area contributed by atoms with E-state index in [2.05, 4.69) is 127 Å². The van der Waals surface area contributed by atoms with E-state index >= 15 is 0 Å². The lowest BCUT2D eigenvalue weighted by molar-refractivity contribution is 0.634. The molecule has 9 rings (SSSR count). The van der Waals surface area contributed by atoms with E-state index in [0.717, 1.165) is 55.4 Å². The lowest BCUT2D eigenvalue weighted by Gasteiger charge is -2.17. The fourth-order valence-electron chi connectivity index (χ4n) is 6.68. The van der Waals surface area contributed by atoms with Crippen molar-refractivity contribution in [3.05, 3.63) is 146 Å². The van der Waals surface area contributed by atoms with Gasteiger partial charge in [0.05, 0.1) is 0 Å². The van der Waals surface area contributed by atoms with E-state index in [1.54, 1.807) is 0 Å². The van der Waals surface area contributed by atoms with Crippen LogP contribution >= 0.6 is 0 Å². The lowest BCUT2D eigenvalue weighted by Crippen LogP contribution is -1.91. The normalized spacial score (nSPS) is 11.8. The van der Waals surface area contributed by atoms with Crippen molar-refractivity contribution < 1.29 is 8.83 Å². The lowest BCUT2D eigenvalue weighted by atomic mass is 9.86. The Hall–Kier alpha value is -5.60. The van der Waals surface area contributed by atoms with Crippen LogP contribution in [0.5, 0.6) is 0 Å². The van der Waals surface area contributed by atoms with Gasteiger partial charge in [-0.15, -0.1) is 0 Å². The van der Waals surface area contributed by atoms with Crippen molar-refractivity contribution in [2.75, 3.05) is 0 Å². The Bertz CT molecular complexity index is 2400. The number of para-hydroxylation sites is 2. The molecular formula is C40H24O2. The van der Waals surface area contributed by atoms with E-state index in [1.165, 1.54) is 32.7 Å². The van der Waals surface area contributed by atoms with Crippen molar-refractivity contribution >= 4 is 54.5 Å². The first kappa shape index (κ1) is 23.1. The molecule has 196 valence electrons. The van der Waals surface area contributed by atoms with Crippen LogP contribution in [0.3, 0.4) is 0 Å². The van der Waals surface area contributed by atoms with Gasteiger partial charge in [0, 0.05) is 27.3 Å². The van der Waals surface area contributed by atoms with Crippen LogP contribution in [0.4, 0.5) is 0 Å². The van der Waals surface area contributed by atoms with Crippen molar-refractivity contribution in [1.82, 2.24) is 0 Å². The van der Waals surface area contributed by atoms with Crippen molar-refractivity contribution in [1.29, 1.82) is 0 Å². The fourth-order valence-corrected chi connectivity index (χ4v) is 6.68. The number of fused-ring (bicyclic) bond motifs is 6. The standard InChI is InChI=1S/C40H24O2/c1-2-12-25(13-3-1)37-28-15-4-6-17-30(28)39(31-18-7-5-16-29(31)37)40-38(32-19-9-11-21-35(32)42-40)26-22-23-36-33(24-26)27-14-8-10-20-34(27)41-36/h1-24H. The molecule has 0 aliphatic heterocycles. The summed E-state index contributed by atoms with van der Waals surface area (Å²) in [6.07, 6.45) is 0. The van der Waals surface area contributed by atoms with Gasteiger partial charge >= 0.3 is 0 Å². The zero-order chi connectivity index (χ0) is 27.6. The van der Waals surface area contributed by atoms with Gasteiger partial charge in [0.2, 0.25) is 0 Å². The summed E-state index contributed by atoms with van der Waals surface area (Å²) in [5, 5.41) is 8.08. The Morgan fingerprint density at radius 2 is 0.786 bits per heavy atom. The monoisotopic (exact) mass is 536 g/mol. The molecule has 0 unspecified atom stereocenters. The van der Waals surface area contributed by atoms with Crippen LogP contribution in [-0.4, -0.2) is 0 Å². The maximum atomic E-state index is 6.86. The molecule has 0 aliphatic rings. The number of rotatable bonds is 3. The highest BCUT2D eigenvalue weighted by molar-refractivity contribution is 6.23. The summed E-state index contributed by atoms with van der Waals surface area (Å²) >= 11 is 0. The number of benzene rings is 7. The molecule has 2 nitrogen and oxygen atoms in total. The molecule has 0 amide bonds. The molecule has 0 spiro atoms. The van der Waals surface area contributed by atoms with Crippen LogP contribution in [0.25, 0.3) is 88.0 Å². The Balaban J connectivity index is 1.43. The Kier molecular flexibility index (Phi) is 4.93. The van der Waals surface area contributed by atoms with Gasteiger partial charge in [-0.05, 0) is 62.5 Å². The Labute approximate surface area is 242 Å². The van der Waals surface area contributed by atoms with Gasteiger partial charge in [-0.1, -0.05) is 121 Å². The summed E-state index contributed by atoms with van der Waals surface area (Å²) in [5.41, 5.74) is 8.43. The maximum absolute atomic E-state index is 6.86. The van der Waals surface area contributed by atoms with Gasteiger partial charge in [-0.3, -0.25) is 0 Å². The molecule has 0 saturated heterocycles. The van der Waals surface area contributed by atoms with Gasteiger partial charge in [-0.2, -0.15) is 0 Å². The van der Waals surface area contributed by atoms with Gasteiger partial charge < -0.3 is 8.83 Å². The van der Waals surface area contributed by atoms with Crippen LogP contribution in [0.15, 0.2) is 154 Å². The minimum absolute atomic E-state index is 0.875. The summed E-state index contributed by atoms with van der Waals surface area (Å²) in [6.45, 7) is 0. The molecule has 0 saturated carbocycles. The van der Waals surface area contributed by atoms with Gasteiger partial charge in [0.25, 0.3) is 0 Å². The van der Waals surface area contributed by atoms with Crippen LogP contribution in [0, 0.1) is 0 Å². The van der Waals surface area contributed by atoms with E-state index in [9.17, 15) is 0 Å². The van der Waals surface area contributed by atoms with Gasteiger partial charge in [0.15, 0.2) is 0 Å². The fraction of sp³-hybridized carbons (Fsp3) is 0. The second-order valence-corrected chi connectivity index (χ2v) is 10.8. The molecule has 0 aliphatic carbocycles. The number of hydrogen-bond donors (Lipinski definition) is 0. The minimum atomic E-state index is 0.875. The van der Waals surface area contributed by atoms with Crippen LogP contribution in [-0.2, 0) is 0 Å². The van der Waals surface area contributed by atoms with Crippen molar-refractivity contribution in [2.24, 2.45) is 0 Å². The second-order valence-electron chi connectivity index (χ2n) is 10.8.